The van der Waals surface area contributed by atoms with Gasteiger partial charge < -0.3 is 9.30 Å². The van der Waals surface area contributed by atoms with E-state index in [1.54, 1.807) is 11.3 Å². The van der Waals surface area contributed by atoms with Crippen LogP contribution in [0.5, 0.6) is 0 Å². The lowest BCUT2D eigenvalue weighted by atomic mass is 10.1. The van der Waals surface area contributed by atoms with Crippen molar-refractivity contribution in [2.45, 2.75) is 26.0 Å². The van der Waals surface area contributed by atoms with Gasteiger partial charge in [-0.15, -0.1) is 11.3 Å². The van der Waals surface area contributed by atoms with Crippen LogP contribution in [0, 0.1) is 6.92 Å². The van der Waals surface area contributed by atoms with Crippen molar-refractivity contribution in [3.63, 3.8) is 0 Å². The minimum absolute atomic E-state index is 0.358. The highest BCUT2D eigenvalue weighted by Gasteiger charge is 2.19. The fourth-order valence-corrected chi connectivity index (χ4v) is 3.28. The molecule has 0 amide bonds. The van der Waals surface area contributed by atoms with Crippen molar-refractivity contribution < 1.29 is 4.74 Å². The van der Waals surface area contributed by atoms with Gasteiger partial charge in [-0.1, -0.05) is 6.07 Å². The number of aromatic nitrogens is 3. The van der Waals surface area contributed by atoms with E-state index in [2.05, 4.69) is 32.7 Å². The predicted octanol–water partition coefficient (Wildman–Crippen LogP) is 3.26. The number of rotatable bonds is 3. The molecule has 4 nitrogen and oxygen atoms in total. The average Bonchev–Trinajstić information content (AvgIpc) is 3.00. The Hall–Kier alpha value is -1.72. The standard InChI is InChI=1S/C15H15N3OS/c1-10-16-7-15(20-10)11-2-3-14-13(6-11)17-9-18(14)8-12-4-5-19-12/h2-3,6-7,9,12H,4-5,8H2,1H3/t12-/m0/s1. The van der Waals surface area contributed by atoms with Crippen LogP contribution in [0.25, 0.3) is 21.5 Å². The minimum atomic E-state index is 0.358. The molecule has 20 heavy (non-hydrogen) atoms. The van der Waals surface area contributed by atoms with E-state index in [0.29, 0.717) is 6.10 Å². The largest absolute Gasteiger partial charge is 0.376 e. The van der Waals surface area contributed by atoms with Crippen LogP contribution in [-0.4, -0.2) is 27.2 Å². The van der Waals surface area contributed by atoms with E-state index in [1.807, 2.05) is 19.4 Å². The molecule has 0 saturated carbocycles. The average molecular weight is 285 g/mol. The fourth-order valence-electron chi connectivity index (χ4n) is 2.51. The number of imidazole rings is 1. The third kappa shape index (κ3) is 2.03. The molecule has 0 unspecified atom stereocenters. The first-order valence-corrected chi connectivity index (χ1v) is 7.60. The van der Waals surface area contributed by atoms with E-state index in [9.17, 15) is 0 Å². The zero-order valence-corrected chi connectivity index (χ0v) is 12.1. The van der Waals surface area contributed by atoms with Crippen LogP contribution in [0.15, 0.2) is 30.7 Å². The van der Waals surface area contributed by atoms with Gasteiger partial charge in [0, 0.05) is 12.8 Å². The number of hydrogen-bond donors (Lipinski definition) is 0. The Morgan fingerprint density at radius 3 is 3.00 bits per heavy atom. The van der Waals surface area contributed by atoms with Crippen molar-refractivity contribution in [2.75, 3.05) is 6.61 Å². The van der Waals surface area contributed by atoms with Gasteiger partial charge in [0.2, 0.25) is 0 Å². The number of thiazole rings is 1. The Bertz CT molecular complexity index is 757. The van der Waals surface area contributed by atoms with Crippen LogP contribution >= 0.6 is 11.3 Å². The second kappa shape index (κ2) is 4.68. The van der Waals surface area contributed by atoms with Crippen molar-refractivity contribution in [2.24, 2.45) is 0 Å². The minimum Gasteiger partial charge on any atom is -0.376 e. The molecular weight excluding hydrogens is 270 g/mol. The first-order valence-electron chi connectivity index (χ1n) is 6.79. The molecule has 3 aromatic rings. The highest BCUT2D eigenvalue weighted by Crippen LogP contribution is 2.28. The number of fused-ring (bicyclic) bond motifs is 1. The molecule has 0 bridgehead atoms. The molecule has 0 radical (unpaired) electrons. The normalized spacial score (nSPS) is 18.4. The van der Waals surface area contributed by atoms with Gasteiger partial charge in [0.25, 0.3) is 0 Å². The fraction of sp³-hybridized carbons (Fsp3) is 0.333. The predicted molar refractivity (Wildman–Crippen MR) is 79.9 cm³/mol. The van der Waals surface area contributed by atoms with Gasteiger partial charge in [-0.3, -0.25) is 0 Å². The summed E-state index contributed by atoms with van der Waals surface area (Å²) in [4.78, 5) is 10.0. The van der Waals surface area contributed by atoms with E-state index in [-0.39, 0.29) is 0 Å². The summed E-state index contributed by atoms with van der Waals surface area (Å²) in [7, 11) is 0. The van der Waals surface area contributed by atoms with Crippen LogP contribution in [0.3, 0.4) is 0 Å². The van der Waals surface area contributed by atoms with Crippen LogP contribution < -0.4 is 0 Å². The number of aryl methyl sites for hydroxylation is 1. The van der Waals surface area contributed by atoms with Gasteiger partial charge in [-0.25, -0.2) is 9.97 Å². The highest BCUT2D eigenvalue weighted by atomic mass is 32.1. The molecule has 0 aliphatic carbocycles. The molecule has 0 N–H and O–H groups in total. The summed E-state index contributed by atoms with van der Waals surface area (Å²) in [6.45, 7) is 3.82. The molecule has 3 heterocycles. The van der Waals surface area contributed by atoms with Crippen LogP contribution in [0.4, 0.5) is 0 Å². The van der Waals surface area contributed by atoms with Crippen LogP contribution in [0.2, 0.25) is 0 Å². The van der Waals surface area contributed by atoms with Gasteiger partial charge in [0.1, 0.15) is 0 Å². The number of benzene rings is 1. The summed E-state index contributed by atoms with van der Waals surface area (Å²) in [5.41, 5.74) is 3.40. The molecular formula is C15H15N3OS. The van der Waals surface area contributed by atoms with E-state index < -0.39 is 0 Å². The summed E-state index contributed by atoms with van der Waals surface area (Å²) in [6, 6.07) is 6.43. The topological polar surface area (TPSA) is 39.9 Å². The Labute approximate surface area is 121 Å². The van der Waals surface area contributed by atoms with Crippen LogP contribution in [0.1, 0.15) is 11.4 Å². The SMILES string of the molecule is Cc1ncc(-c2ccc3c(c2)ncn3C[C@@H]2CCO2)s1. The van der Waals surface area contributed by atoms with Crippen molar-refractivity contribution in [3.05, 3.63) is 35.7 Å². The maximum Gasteiger partial charge on any atom is 0.0959 e. The quantitative estimate of drug-likeness (QED) is 0.741. The lowest BCUT2D eigenvalue weighted by Gasteiger charge is -2.26. The summed E-state index contributed by atoms with van der Waals surface area (Å²) in [5.74, 6) is 0. The van der Waals surface area contributed by atoms with Gasteiger partial charge in [-0.2, -0.15) is 0 Å². The zero-order valence-electron chi connectivity index (χ0n) is 11.2. The molecule has 1 saturated heterocycles. The maximum atomic E-state index is 5.49. The molecule has 1 aromatic carbocycles. The monoisotopic (exact) mass is 285 g/mol. The van der Waals surface area contributed by atoms with E-state index >= 15 is 0 Å². The lowest BCUT2D eigenvalue weighted by molar-refractivity contribution is -0.0586. The van der Waals surface area contributed by atoms with E-state index in [1.165, 1.54) is 16.0 Å². The van der Waals surface area contributed by atoms with E-state index in [0.717, 1.165) is 30.1 Å². The Morgan fingerprint density at radius 1 is 1.40 bits per heavy atom. The first-order chi connectivity index (χ1) is 9.79. The second-order valence-corrected chi connectivity index (χ2v) is 6.36. The molecule has 1 aliphatic heterocycles. The van der Waals surface area contributed by atoms with Gasteiger partial charge in [0.05, 0.1) is 39.9 Å². The van der Waals surface area contributed by atoms with Gasteiger partial charge in [-0.05, 0) is 31.0 Å². The highest BCUT2D eigenvalue weighted by molar-refractivity contribution is 7.15. The third-order valence-corrected chi connectivity index (χ3v) is 4.68. The van der Waals surface area contributed by atoms with Gasteiger partial charge in [0.15, 0.2) is 0 Å². The number of nitrogens with zero attached hydrogens (tertiary/aromatic N) is 3. The summed E-state index contributed by atoms with van der Waals surface area (Å²) >= 11 is 1.71. The van der Waals surface area contributed by atoms with Crippen LogP contribution in [-0.2, 0) is 11.3 Å². The maximum absolute atomic E-state index is 5.49. The van der Waals surface area contributed by atoms with Crippen molar-refractivity contribution >= 4 is 22.4 Å². The molecule has 0 spiro atoms. The molecule has 1 atom stereocenters. The zero-order chi connectivity index (χ0) is 13.5. The number of hydrogen-bond acceptors (Lipinski definition) is 4. The molecule has 5 heteroatoms. The first kappa shape index (κ1) is 12.1. The van der Waals surface area contributed by atoms with E-state index in [4.69, 9.17) is 4.74 Å². The molecule has 102 valence electrons. The summed E-state index contributed by atoms with van der Waals surface area (Å²) in [5, 5.41) is 1.09. The third-order valence-electron chi connectivity index (χ3n) is 3.72. The Morgan fingerprint density at radius 2 is 2.30 bits per heavy atom. The van der Waals surface area contributed by atoms with Crippen molar-refractivity contribution in [1.29, 1.82) is 0 Å². The van der Waals surface area contributed by atoms with Gasteiger partial charge >= 0.3 is 0 Å². The Balaban J connectivity index is 1.69. The Kier molecular flexibility index (Phi) is 2.82. The molecule has 1 aliphatic rings. The van der Waals surface area contributed by atoms with Crippen molar-refractivity contribution in [1.82, 2.24) is 14.5 Å². The smallest absolute Gasteiger partial charge is 0.0959 e. The summed E-state index contributed by atoms with van der Waals surface area (Å²) in [6.07, 6.45) is 5.35. The molecule has 4 rings (SSSR count). The molecule has 2 aromatic heterocycles. The molecule has 1 fully saturated rings. The van der Waals surface area contributed by atoms with Crippen molar-refractivity contribution in [3.8, 4) is 10.4 Å². The lowest BCUT2D eigenvalue weighted by Crippen LogP contribution is -2.30. The summed E-state index contributed by atoms with van der Waals surface area (Å²) < 4.78 is 7.67. The number of ether oxygens (including phenoxy) is 1. The second-order valence-electron chi connectivity index (χ2n) is 5.13.